The fourth-order valence-corrected chi connectivity index (χ4v) is 11.7. The highest BCUT2D eigenvalue weighted by Gasteiger charge is 2.75. The number of hydrogen-bond donors (Lipinski definition) is 2. The molecule has 6 nitrogen and oxygen atoms in total. The van der Waals surface area contributed by atoms with Crippen molar-refractivity contribution in [2.24, 2.45) is 50.2 Å². The molecule has 228 valence electrons. The standard InChI is InChI=1S/C35H52O6/c1-9-21(2)27(36)41-26-19-29(3,4)18-23-22-10-11-25-32(8,31(22,7)14-16-34(23,26)28(37)38)13-12-24-30(5,6)35(39)17-15-33(24,25)20-40-35/h9-10,23-26,39H,11-20H2,1-8H3,(H,37,38)/t23-,24-,25-,26+,31+,32+,33+,34-,35+/m0/s1. The van der Waals surface area contributed by atoms with Gasteiger partial charge in [-0.05, 0) is 93.3 Å². The van der Waals surface area contributed by atoms with Crippen molar-refractivity contribution in [1.82, 2.24) is 0 Å². The highest BCUT2D eigenvalue weighted by atomic mass is 16.6. The molecule has 7 aliphatic rings. The molecule has 0 aromatic carbocycles. The first-order chi connectivity index (χ1) is 18.9. The van der Waals surface area contributed by atoms with Crippen molar-refractivity contribution in [1.29, 1.82) is 0 Å². The zero-order chi connectivity index (χ0) is 30.0. The summed E-state index contributed by atoms with van der Waals surface area (Å²) in [6.45, 7) is 17.9. The van der Waals surface area contributed by atoms with Crippen molar-refractivity contribution in [2.45, 2.75) is 125 Å². The zero-order valence-corrected chi connectivity index (χ0v) is 26.6. The maximum absolute atomic E-state index is 13.4. The first-order valence-corrected chi connectivity index (χ1v) is 16.1. The summed E-state index contributed by atoms with van der Waals surface area (Å²) in [5.41, 5.74) is 0.153. The monoisotopic (exact) mass is 568 g/mol. The summed E-state index contributed by atoms with van der Waals surface area (Å²) in [6.07, 6.45) is 10.9. The van der Waals surface area contributed by atoms with Crippen LogP contribution in [0, 0.1) is 50.2 Å². The number of aliphatic carboxylic acids is 1. The second kappa shape index (κ2) is 8.71. The Morgan fingerprint density at radius 2 is 1.71 bits per heavy atom. The van der Waals surface area contributed by atoms with Crippen LogP contribution in [0.1, 0.15) is 113 Å². The summed E-state index contributed by atoms with van der Waals surface area (Å²) in [7, 11) is 0. The van der Waals surface area contributed by atoms with Gasteiger partial charge in [-0.3, -0.25) is 4.79 Å². The van der Waals surface area contributed by atoms with Crippen LogP contribution < -0.4 is 0 Å². The van der Waals surface area contributed by atoms with E-state index in [9.17, 15) is 19.8 Å². The van der Waals surface area contributed by atoms with Crippen LogP contribution in [0.2, 0.25) is 0 Å². The van der Waals surface area contributed by atoms with Crippen molar-refractivity contribution >= 4 is 11.9 Å². The predicted octanol–water partition coefficient (Wildman–Crippen LogP) is 7.06. The lowest BCUT2D eigenvalue weighted by Crippen LogP contribution is -2.73. The Morgan fingerprint density at radius 1 is 1.00 bits per heavy atom. The fraction of sp³-hybridized carbons (Fsp3) is 0.829. The van der Waals surface area contributed by atoms with E-state index in [0.29, 0.717) is 43.3 Å². The van der Waals surface area contributed by atoms with Gasteiger partial charge in [-0.2, -0.15) is 0 Å². The van der Waals surface area contributed by atoms with Crippen molar-refractivity contribution < 1.29 is 29.3 Å². The lowest BCUT2D eigenvalue weighted by atomic mass is 9.32. The Balaban J connectivity index is 1.44. The fourth-order valence-electron chi connectivity index (χ4n) is 11.7. The minimum absolute atomic E-state index is 0.000216. The van der Waals surface area contributed by atoms with Gasteiger partial charge in [-0.25, -0.2) is 4.79 Å². The Kier molecular flexibility index (Phi) is 6.25. The minimum atomic E-state index is -1.11. The van der Waals surface area contributed by atoms with E-state index in [-0.39, 0.29) is 33.0 Å². The molecule has 2 N–H and O–H groups in total. The molecule has 9 atom stereocenters. The SMILES string of the molecule is CC=C(C)C(=O)O[C@@H]1CC(C)(C)C[C@H]2C3=CC[C@@H]4[C@]56CC[C@@](O)(OC5)C(C)(C)[C@@H]6CC[C@@]4(C)[C@]3(C)CC[C@@]12C(=O)O. The normalized spacial score (nSPS) is 49.5. The van der Waals surface area contributed by atoms with Gasteiger partial charge >= 0.3 is 11.9 Å². The van der Waals surface area contributed by atoms with Crippen LogP contribution in [0.5, 0.6) is 0 Å². The van der Waals surface area contributed by atoms with Crippen LogP contribution in [0.3, 0.4) is 0 Å². The van der Waals surface area contributed by atoms with Crippen LogP contribution in [-0.4, -0.2) is 40.6 Å². The Bertz CT molecular complexity index is 1220. The molecule has 6 heteroatoms. The van der Waals surface area contributed by atoms with Gasteiger partial charge in [0.1, 0.15) is 11.5 Å². The molecule has 1 spiro atoms. The van der Waals surface area contributed by atoms with Gasteiger partial charge in [0.05, 0.1) is 6.61 Å². The van der Waals surface area contributed by atoms with E-state index in [2.05, 4.69) is 47.6 Å². The molecule has 2 aliphatic heterocycles. The number of ether oxygens (including phenoxy) is 2. The Hall–Kier alpha value is -1.66. The largest absolute Gasteiger partial charge is 0.481 e. The summed E-state index contributed by atoms with van der Waals surface area (Å²) < 4.78 is 12.5. The highest BCUT2D eigenvalue weighted by molar-refractivity contribution is 5.88. The average molecular weight is 569 g/mol. The van der Waals surface area contributed by atoms with Crippen molar-refractivity contribution in [3.05, 3.63) is 23.3 Å². The number of esters is 1. The number of rotatable bonds is 3. The van der Waals surface area contributed by atoms with E-state index >= 15 is 0 Å². The van der Waals surface area contributed by atoms with Gasteiger partial charge in [0.15, 0.2) is 5.79 Å². The lowest BCUT2D eigenvalue weighted by Gasteiger charge is -2.74. The molecule has 2 saturated heterocycles. The molecule has 6 fully saturated rings. The number of carboxylic acid groups (broad SMARTS) is 1. The molecule has 41 heavy (non-hydrogen) atoms. The van der Waals surface area contributed by atoms with Gasteiger partial charge in [-0.1, -0.05) is 59.3 Å². The van der Waals surface area contributed by atoms with E-state index in [1.54, 1.807) is 13.0 Å². The maximum Gasteiger partial charge on any atom is 0.333 e. The van der Waals surface area contributed by atoms with Gasteiger partial charge in [0, 0.05) is 28.7 Å². The molecule has 2 bridgehead atoms. The molecule has 2 heterocycles. The lowest BCUT2D eigenvalue weighted by molar-refractivity contribution is -0.395. The predicted molar refractivity (Wildman–Crippen MR) is 157 cm³/mol. The number of carbonyl (C=O) groups excluding carboxylic acids is 1. The number of carbonyl (C=O) groups is 2. The molecule has 7 rings (SSSR count). The minimum Gasteiger partial charge on any atom is -0.481 e. The molecular weight excluding hydrogens is 516 g/mol. The summed E-state index contributed by atoms with van der Waals surface area (Å²) in [4.78, 5) is 26.4. The van der Waals surface area contributed by atoms with E-state index in [1.165, 1.54) is 5.57 Å². The highest BCUT2D eigenvalue weighted by Crippen LogP contribution is 2.78. The van der Waals surface area contributed by atoms with E-state index < -0.39 is 29.2 Å². The van der Waals surface area contributed by atoms with Crippen LogP contribution in [0.25, 0.3) is 0 Å². The first-order valence-electron chi connectivity index (χ1n) is 16.1. The number of allylic oxidation sites excluding steroid dienone is 3. The first kappa shape index (κ1) is 29.4. The van der Waals surface area contributed by atoms with Crippen LogP contribution in [0.4, 0.5) is 0 Å². The number of fused-ring (bicyclic) bond motifs is 7. The van der Waals surface area contributed by atoms with Gasteiger partial charge in [-0.15, -0.1) is 0 Å². The van der Waals surface area contributed by atoms with Crippen LogP contribution in [-0.2, 0) is 19.1 Å². The summed E-state index contributed by atoms with van der Waals surface area (Å²) in [6, 6.07) is 0. The molecular formula is C35H52O6. The Labute approximate surface area is 246 Å². The zero-order valence-electron chi connectivity index (χ0n) is 26.6. The molecule has 0 aromatic heterocycles. The summed E-state index contributed by atoms with van der Waals surface area (Å²) >= 11 is 0. The third-order valence-corrected chi connectivity index (χ3v) is 14.5. The number of hydrogen-bond acceptors (Lipinski definition) is 5. The number of aliphatic hydroxyl groups is 1. The summed E-state index contributed by atoms with van der Waals surface area (Å²) in [5, 5.41) is 22.4. The van der Waals surface area contributed by atoms with E-state index in [1.807, 2.05) is 6.92 Å². The third-order valence-electron chi connectivity index (χ3n) is 14.5. The molecule has 4 saturated carbocycles. The van der Waals surface area contributed by atoms with Crippen molar-refractivity contribution in [3.8, 4) is 0 Å². The second-order valence-electron chi connectivity index (χ2n) is 16.7. The topological polar surface area (TPSA) is 93.1 Å². The molecule has 0 amide bonds. The Morgan fingerprint density at radius 3 is 2.32 bits per heavy atom. The van der Waals surface area contributed by atoms with Gasteiger partial charge in [0.2, 0.25) is 0 Å². The average Bonchev–Trinajstić information content (AvgIpc) is 2.88. The quantitative estimate of drug-likeness (QED) is 0.215. The molecule has 0 radical (unpaired) electrons. The van der Waals surface area contributed by atoms with Gasteiger partial charge in [0.25, 0.3) is 0 Å². The maximum atomic E-state index is 13.4. The van der Waals surface area contributed by atoms with Gasteiger partial charge < -0.3 is 19.7 Å². The third kappa shape index (κ3) is 3.50. The van der Waals surface area contributed by atoms with Crippen molar-refractivity contribution in [3.63, 3.8) is 0 Å². The molecule has 5 aliphatic carbocycles. The summed E-state index contributed by atoms with van der Waals surface area (Å²) in [5.74, 6) is -1.60. The van der Waals surface area contributed by atoms with E-state index in [0.717, 1.165) is 38.5 Å². The molecule has 0 unspecified atom stereocenters. The van der Waals surface area contributed by atoms with E-state index in [4.69, 9.17) is 9.47 Å². The smallest absolute Gasteiger partial charge is 0.333 e. The van der Waals surface area contributed by atoms with Crippen molar-refractivity contribution in [2.75, 3.05) is 6.61 Å². The van der Waals surface area contributed by atoms with Crippen LogP contribution >= 0.6 is 0 Å². The number of carboxylic acids is 1. The second-order valence-corrected chi connectivity index (χ2v) is 16.7. The molecule has 0 aromatic rings. The van der Waals surface area contributed by atoms with Crippen LogP contribution in [0.15, 0.2) is 23.3 Å².